The summed E-state index contributed by atoms with van der Waals surface area (Å²) in [6.45, 7) is 0. The van der Waals surface area contributed by atoms with Crippen LogP contribution in [-0.2, 0) is 6.42 Å². The van der Waals surface area contributed by atoms with Crippen LogP contribution in [0, 0.1) is 5.92 Å². The van der Waals surface area contributed by atoms with Gasteiger partial charge >= 0.3 is 0 Å². The molecule has 0 saturated heterocycles. The summed E-state index contributed by atoms with van der Waals surface area (Å²) in [7, 11) is 4.29. The summed E-state index contributed by atoms with van der Waals surface area (Å²) in [6.07, 6.45) is 3.55. The molecular formula is C28H34ClNO. The zero-order valence-corrected chi connectivity index (χ0v) is 19.3. The maximum Gasteiger partial charge on any atom is 0.0734 e. The monoisotopic (exact) mass is 435 g/mol. The first-order valence-corrected chi connectivity index (χ1v) is 11.1. The molecule has 0 aromatic heterocycles. The Morgan fingerprint density at radius 1 is 0.871 bits per heavy atom. The number of aliphatic hydroxyl groups is 1. The Balaban J connectivity index is 0.00000272. The Bertz CT molecular complexity index is 916. The molecule has 31 heavy (non-hydrogen) atoms. The second kappa shape index (κ2) is 10.5. The van der Waals surface area contributed by atoms with Crippen molar-refractivity contribution < 1.29 is 5.11 Å². The van der Waals surface area contributed by atoms with E-state index in [1.165, 1.54) is 16.7 Å². The second-order valence-electron chi connectivity index (χ2n) is 9.07. The molecule has 1 aliphatic carbocycles. The van der Waals surface area contributed by atoms with Crippen molar-refractivity contribution >= 4 is 12.4 Å². The molecule has 0 amide bonds. The Kier molecular flexibility index (Phi) is 7.94. The number of halogens is 1. The van der Waals surface area contributed by atoms with E-state index in [0.29, 0.717) is 12.3 Å². The molecule has 164 valence electrons. The zero-order chi connectivity index (χ0) is 21.0. The predicted octanol–water partition coefficient (Wildman–Crippen LogP) is 6.27. The van der Waals surface area contributed by atoms with E-state index in [-0.39, 0.29) is 24.4 Å². The molecule has 3 heteroatoms. The van der Waals surface area contributed by atoms with Crippen molar-refractivity contribution in [3.05, 3.63) is 108 Å². The highest BCUT2D eigenvalue weighted by atomic mass is 35.5. The smallest absolute Gasteiger partial charge is 0.0734 e. The molecule has 3 aromatic rings. The van der Waals surface area contributed by atoms with Crippen LogP contribution in [0.4, 0.5) is 0 Å². The topological polar surface area (TPSA) is 23.5 Å². The minimum atomic E-state index is -0.725. The number of hydrogen-bond acceptors (Lipinski definition) is 2. The maximum atomic E-state index is 12.1. The summed E-state index contributed by atoms with van der Waals surface area (Å²) in [5.41, 5.74) is 3.17. The third-order valence-electron chi connectivity index (χ3n) is 6.86. The van der Waals surface area contributed by atoms with E-state index in [0.717, 1.165) is 19.3 Å². The fourth-order valence-electron chi connectivity index (χ4n) is 5.41. The lowest BCUT2D eigenvalue weighted by molar-refractivity contribution is -0.0819. The van der Waals surface area contributed by atoms with Crippen LogP contribution in [0.2, 0.25) is 0 Å². The average molecular weight is 436 g/mol. The molecule has 0 spiro atoms. The molecule has 4 atom stereocenters. The summed E-state index contributed by atoms with van der Waals surface area (Å²) in [4.78, 5) is 2.29. The van der Waals surface area contributed by atoms with E-state index in [9.17, 15) is 5.11 Å². The van der Waals surface area contributed by atoms with Crippen molar-refractivity contribution in [1.29, 1.82) is 0 Å². The lowest BCUT2D eigenvalue weighted by Crippen LogP contribution is -2.49. The van der Waals surface area contributed by atoms with Gasteiger partial charge in [0.15, 0.2) is 0 Å². The number of hydrogen-bond donors (Lipinski definition) is 1. The summed E-state index contributed by atoms with van der Waals surface area (Å²) < 4.78 is 0. The van der Waals surface area contributed by atoms with E-state index in [1.807, 2.05) is 6.07 Å². The Morgan fingerprint density at radius 2 is 1.42 bits per heavy atom. The first kappa shape index (κ1) is 23.5. The van der Waals surface area contributed by atoms with E-state index in [4.69, 9.17) is 0 Å². The van der Waals surface area contributed by atoms with Crippen molar-refractivity contribution in [2.45, 2.75) is 43.2 Å². The minimum Gasteiger partial charge on any atom is -0.389 e. The minimum absolute atomic E-state index is 0. The van der Waals surface area contributed by atoms with Gasteiger partial charge in [0.1, 0.15) is 0 Å². The SMILES string of the molecule is CN(C)C(c1ccccc1)C1CC(c2ccccc2)CCC1(O)Cc1ccccc1.Cl. The second-order valence-corrected chi connectivity index (χ2v) is 9.07. The number of benzene rings is 3. The van der Waals surface area contributed by atoms with Gasteiger partial charge in [0, 0.05) is 18.4 Å². The lowest BCUT2D eigenvalue weighted by atomic mass is 9.63. The van der Waals surface area contributed by atoms with Crippen molar-refractivity contribution in [1.82, 2.24) is 4.90 Å². The first-order chi connectivity index (χ1) is 14.6. The molecule has 0 radical (unpaired) electrons. The van der Waals surface area contributed by atoms with Gasteiger partial charge in [-0.2, -0.15) is 0 Å². The van der Waals surface area contributed by atoms with Gasteiger partial charge in [0.25, 0.3) is 0 Å². The van der Waals surface area contributed by atoms with Crippen LogP contribution in [-0.4, -0.2) is 29.7 Å². The van der Waals surface area contributed by atoms with Gasteiger partial charge in [-0.05, 0) is 56.0 Å². The molecule has 4 rings (SSSR count). The molecule has 0 aliphatic heterocycles. The molecule has 0 heterocycles. The third-order valence-corrected chi connectivity index (χ3v) is 6.86. The normalized spacial score (nSPS) is 24.4. The predicted molar refractivity (Wildman–Crippen MR) is 132 cm³/mol. The van der Waals surface area contributed by atoms with E-state index in [1.54, 1.807) is 0 Å². The van der Waals surface area contributed by atoms with Gasteiger partial charge in [-0.15, -0.1) is 12.4 Å². The molecule has 3 aromatic carbocycles. The van der Waals surface area contributed by atoms with Crippen LogP contribution in [0.5, 0.6) is 0 Å². The molecule has 1 fully saturated rings. The standard InChI is InChI=1S/C28H33NO.ClH/c1-29(2)27(24-16-10-5-11-17-24)26-20-25(23-14-8-4-9-15-23)18-19-28(26,30)21-22-12-6-3-7-13-22;/h3-17,25-27,30H,18-21H2,1-2H3;1H. The van der Waals surface area contributed by atoms with Gasteiger partial charge in [0.2, 0.25) is 0 Å². The maximum absolute atomic E-state index is 12.1. The molecular weight excluding hydrogens is 402 g/mol. The lowest BCUT2D eigenvalue weighted by Gasteiger charge is -2.49. The van der Waals surface area contributed by atoms with Gasteiger partial charge in [0.05, 0.1) is 5.60 Å². The highest BCUT2D eigenvalue weighted by molar-refractivity contribution is 5.85. The van der Waals surface area contributed by atoms with Crippen LogP contribution < -0.4 is 0 Å². The summed E-state index contributed by atoms with van der Waals surface area (Å²) in [5, 5.41) is 12.1. The molecule has 0 bridgehead atoms. The molecule has 1 N–H and O–H groups in total. The highest BCUT2D eigenvalue weighted by Gasteiger charge is 2.47. The molecule has 1 saturated carbocycles. The summed E-state index contributed by atoms with van der Waals surface area (Å²) in [6, 6.07) is 32.2. The van der Waals surface area contributed by atoms with Gasteiger partial charge < -0.3 is 10.0 Å². The van der Waals surface area contributed by atoms with Crippen LogP contribution in [0.15, 0.2) is 91.0 Å². The van der Waals surface area contributed by atoms with E-state index >= 15 is 0 Å². The average Bonchev–Trinajstić information content (AvgIpc) is 2.77. The molecule has 4 unspecified atom stereocenters. The molecule has 1 aliphatic rings. The van der Waals surface area contributed by atoms with Crippen LogP contribution in [0.1, 0.15) is 47.9 Å². The summed E-state index contributed by atoms with van der Waals surface area (Å²) >= 11 is 0. The van der Waals surface area contributed by atoms with Crippen LogP contribution in [0.3, 0.4) is 0 Å². The van der Waals surface area contributed by atoms with Crippen molar-refractivity contribution in [3.63, 3.8) is 0 Å². The fourth-order valence-corrected chi connectivity index (χ4v) is 5.41. The highest BCUT2D eigenvalue weighted by Crippen LogP contribution is 2.49. The van der Waals surface area contributed by atoms with Crippen molar-refractivity contribution in [2.24, 2.45) is 5.92 Å². The number of rotatable bonds is 6. The fraction of sp³-hybridized carbons (Fsp3) is 0.357. The quantitative estimate of drug-likeness (QED) is 0.493. The van der Waals surface area contributed by atoms with Crippen molar-refractivity contribution in [2.75, 3.05) is 14.1 Å². The van der Waals surface area contributed by atoms with E-state index < -0.39 is 5.60 Å². The Labute approximate surface area is 193 Å². The van der Waals surface area contributed by atoms with Crippen molar-refractivity contribution in [3.8, 4) is 0 Å². The summed E-state index contributed by atoms with van der Waals surface area (Å²) in [5.74, 6) is 0.632. The van der Waals surface area contributed by atoms with Gasteiger partial charge in [-0.3, -0.25) is 0 Å². The largest absolute Gasteiger partial charge is 0.389 e. The zero-order valence-electron chi connectivity index (χ0n) is 18.5. The first-order valence-electron chi connectivity index (χ1n) is 11.1. The Hall–Kier alpha value is -2.13. The third kappa shape index (κ3) is 5.38. The van der Waals surface area contributed by atoms with Gasteiger partial charge in [-0.25, -0.2) is 0 Å². The number of nitrogens with zero attached hydrogens (tertiary/aromatic N) is 1. The van der Waals surface area contributed by atoms with E-state index in [2.05, 4.69) is 104 Å². The Morgan fingerprint density at radius 3 is 2.00 bits per heavy atom. The van der Waals surface area contributed by atoms with Crippen LogP contribution >= 0.6 is 12.4 Å². The van der Waals surface area contributed by atoms with Crippen LogP contribution in [0.25, 0.3) is 0 Å². The molecule has 2 nitrogen and oxygen atoms in total. The van der Waals surface area contributed by atoms with Gasteiger partial charge in [-0.1, -0.05) is 91.0 Å².